The highest BCUT2D eigenvalue weighted by molar-refractivity contribution is 6.35. The van der Waals surface area contributed by atoms with Gasteiger partial charge < -0.3 is 9.47 Å². The molecule has 0 N–H and O–H groups in total. The number of hydrogen-bond donors (Lipinski definition) is 0. The van der Waals surface area contributed by atoms with Gasteiger partial charge in [-0.2, -0.15) is 0 Å². The number of alkyl halides is 1. The predicted octanol–water partition coefficient (Wildman–Crippen LogP) is 4.92. The average molecular weight is 315 g/mol. The van der Waals surface area contributed by atoms with Crippen LogP contribution in [0.3, 0.4) is 0 Å². The van der Waals surface area contributed by atoms with E-state index in [0.29, 0.717) is 21.5 Å². The lowest BCUT2D eigenvalue weighted by Crippen LogP contribution is -1.99. The van der Waals surface area contributed by atoms with Crippen LogP contribution in [0.5, 0.6) is 11.5 Å². The molecular formula is C15H13Cl2FO2. The van der Waals surface area contributed by atoms with E-state index in [2.05, 4.69) is 0 Å². The first kappa shape index (κ1) is 14.9. The summed E-state index contributed by atoms with van der Waals surface area (Å²) in [7, 11) is 0. The zero-order chi connectivity index (χ0) is 14.4. The van der Waals surface area contributed by atoms with Gasteiger partial charge in [0.15, 0.2) is 0 Å². The standard InChI is InChI=1S/C15H13Cl2FO2/c16-14-2-1-3-15(17)13(14)10-20-12-6-4-11(5-7-12)19-9-8-18/h1-7H,8-10H2. The Bertz CT molecular complexity index is 538. The van der Waals surface area contributed by atoms with Crippen molar-refractivity contribution in [3.05, 3.63) is 58.1 Å². The van der Waals surface area contributed by atoms with Crippen LogP contribution in [0.4, 0.5) is 4.39 Å². The second-order valence-electron chi connectivity index (χ2n) is 4.00. The number of rotatable bonds is 6. The molecule has 0 aromatic heterocycles. The van der Waals surface area contributed by atoms with Crippen molar-refractivity contribution in [2.45, 2.75) is 6.61 Å². The number of hydrogen-bond acceptors (Lipinski definition) is 2. The molecule has 0 unspecified atom stereocenters. The van der Waals surface area contributed by atoms with E-state index in [1.54, 1.807) is 42.5 Å². The lowest BCUT2D eigenvalue weighted by Gasteiger charge is -2.10. The summed E-state index contributed by atoms with van der Waals surface area (Å²) in [6, 6.07) is 12.3. The SMILES string of the molecule is FCCOc1ccc(OCc2c(Cl)cccc2Cl)cc1. The van der Waals surface area contributed by atoms with Crippen molar-refractivity contribution >= 4 is 23.2 Å². The topological polar surface area (TPSA) is 18.5 Å². The van der Waals surface area contributed by atoms with Crippen molar-refractivity contribution in [3.63, 3.8) is 0 Å². The molecule has 0 spiro atoms. The van der Waals surface area contributed by atoms with Gasteiger partial charge in [-0.05, 0) is 36.4 Å². The normalized spacial score (nSPS) is 10.3. The van der Waals surface area contributed by atoms with Crippen LogP contribution in [0.25, 0.3) is 0 Å². The molecule has 0 fully saturated rings. The molecule has 0 saturated heterocycles. The molecule has 5 heteroatoms. The summed E-state index contributed by atoms with van der Waals surface area (Å²) >= 11 is 12.1. The van der Waals surface area contributed by atoms with Crippen LogP contribution in [0.2, 0.25) is 10.0 Å². The van der Waals surface area contributed by atoms with E-state index >= 15 is 0 Å². The van der Waals surface area contributed by atoms with E-state index in [9.17, 15) is 4.39 Å². The fourth-order valence-corrected chi connectivity index (χ4v) is 2.12. The molecule has 0 saturated carbocycles. The van der Waals surface area contributed by atoms with Gasteiger partial charge in [0, 0.05) is 15.6 Å². The van der Waals surface area contributed by atoms with Crippen molar-refractivity contribution in [1.29, 1.82) is 0 Å². The van der Waals surface area contributed by atoms with Crippen LogP contribution in [0.1, 0.15) is 5.56 Å². The monoisotopic (exact) mass is 314 g/mol. The van der Waals surface area contributed by atoms with Crippen LogP contribution in [-0.4, -0.2) is 13.3 Å². The van der Waals surface area contributed by atoms with Crippen LogP contribution >= 0.6 is 23.2 Å². The van der Waals surface area contributed by atoms with Gasteiger partial charge in [-0.25, -0.2) is 4.39 Å². The van der Waals surface area contributed by atoms with E-state index in [0.717, 1.165) is 5.56 Å². The molecule has 2 aromatic rings. The third kappa shape index (κ3) is 4.02. The fourth-order valence-electron chi connectivity index (χ4n) is 1.61. The molecule has 0 aliphatic carbocycles. The zero-order valence-electron chi connectivity index (χ0n) is 10.6. The smallest absolute Gasteiger partial charge is 0.123 e. The Hall–Kier alpha value is -1.45. The molecule has 0 atom stereocenters. The Morgan fingerprint density at radius 3 is 1.95 bits per heavy atom. The average Bonchev–Trinajstić information content (AvgIpc) is 2.46. The van der Waals surface area contributed by atoms with E-state index in [1.807, 2.05) is 0 Å². The summed E-state index contributed by atoms with van der Waals surface area (Å²) in [6.07, 6.45) is 0. The van der Waals surface area contributed by atoms with Crippen LogP contribution in [-0.2, 0) is 6.61 Å². The molecule has 106 valence electrons. The third-order valence-corrected chi connectivity index (χ3v) is 3.32. The van der Waals surface area contributed by atoms with E-state index < -0.39 is 6.67 Å². The molecule has 0 bridgehead atoms. The maximum atomic E-state index is 12.0. The number of halogens is 3. The minimum atomic E-state index is -0.511. The van der Waals surface area contributed by atoms with Crippen molar-refractivity contribution in [3.8, 4) is 11.5 Å². The van der Waals surface area contributed by atoms with Gasteiger partial charge in [0.1, 0.15) is 31.4 Å². The third-order valence-electron chi connectivity index (χ3n) is 2.61. The molecule has 2 rings (SSSR count). The van der Waals surface area contributed by atoms with Gasteiger partial charge >= 0.3 is 0 Å². The Kier molecular flexibility index (Phi) is 5.50. The predicted molar refractivity (Wildman–Crippen MR) is 78.7 cm³/mol. The van der Waals surface area contributed by atoms with Crippen molar-refractivity contribution < 1.29 is 13.9 Å². The first-order valence-electron chi connectivity index (χ1n) is 6.05. The van der Waals surface area contributed by atoms with Crippen molar-refractivity contribution in [2.24, 2.45) is 0 Å². The van der Waals surface area contributed by atoms with E-state index in [4.69, 9.17) is 32.7 Å². The highest BCUT2D eigenvalue weighted by Crippen LogP contribution is 2.26. The number of benzene rings is 2. The minimum Gasteiger partial charge on any atom is -0.491 e. The Balaban J connectivity index is 1.97. The largest absolute Gasteiger partial charge is 0.491 e. The lowest BCUT2D eigenvalue weighted by atomic mass is 10.2. The summed E-state index contributed by atoms with van der Waals surface area (Å²) in [5.74, 6) is 1.26. The Morgan fingerprint density at radius 1 is 0.850 bits per heavy atom. The molecule has 0 aliphatic rings. The molecule has 20 heavy (non-hydrogen) atoms. The van der Waals surface area contributed by atoms with Gasteiger partial charge in [-0.3, -0.25) is 0 Å². The van der Waals surface area contributed by atoms with Gasteiger partial charge in [-0.1, -0.05) is 29.3 Å². The van der Waals surface area contributed by atoms with Gasteiger partial charge in [0.2, 0.25) is 0 Å². The highest BCUT2D eigenvalue weighted by Gasteiger charge is 2.06. The van der Waals surface area contributed by atoms with E-state index in [1.165, 1.54) is 0 Å². The van der Waals surface area contributed by atoms with Gasteiger partial charge in [-0.15, -0.1) is 0 Å². The quantitative estimate of drug-likeness (QED) is 0.753. The van der Waals surface area contributed by atoms with Crippen LogP contribution < -0.4 is 9.47 Å². The van der Waals surface area contributed by atoms with Gasteiger partial charge in [0.05, 0.1) is 0 Å². The van der Waals surface area contributed by atoms with Crippen LogP contribution in [0, 0.1) is 0 Å². The molecule has 0 heterocycles. The fraction of sp³-hybridized carbons (Fsp3) is 0.200. The van der Waals surface area contributed by atoms with Gasteiger partial charge in [0.25, 0.3) is 0 Å². The first-order valence-corrected chi connectivity index (χ1v) is 6.81. The maximum Gasteiger partial charge on any atom is 0.123 e. The van der Waals surface area contributed by atoms with Crippen LogP contribution in [0.15, 0.2) is 42.5 Å². The molecule has 0 amide bonds. The highest BCUT2D eigenvalue weighted by atomic mass is 35.5. The first-order chi connectivity index (χ1) is 9.70. The second-order valence-corrected chi connectivity index (χ2v) is 4.81. The Morgan fingerprint density at radius 2 is 1.40 bits per heavy atom. The lowest BCUT2D eigenvalue weighted by molar-refractivity contribution is 0.271. The molecule has 2 nitrogen and oxygen atoms in total. The summed E-state index contributed by atoms with van der Waals surface area (Å²) in [4.78, 5) is 0. The summed E-state index contributed by atoms with van der Waals surface area (Å²) in [5.41, 5.74) is 0.744. The molecule has 0 radical (unpaired) electrons. The number of ether oxygens (including phenoxy) is 2. The van der Waals surface area contributed by atoms with E-state index in [-0.39, 0.29) is 13.2 Å². The molecule has 0 aliphatic heterocycles. The summed E-state index contributed by atoms with van der Waals surface area (Å²) in [6.45, 7) is -0.179. The summed E-state index contributed by atoms with van der Waals surface area (Å²) in [5, 5.41) is 1.14. The molecular weight excluding hydrogens is 302 g/mol. The second kappa shape index (κ2) is 7.36. The molecule has 2 aromatic carbocycles. The Labute approximate surface area is 127 Å². The maximum absolute atomic E-state index is 12.0. The minimum absolute atomic E-state index is 0.0510. The van der Waals surface area contributed by atoms with Crippen molar-refractivity contribution in [2.75, 3.05) is 13.3 Å². The zero-order valence-corrected chi connectivity index (χ0v) is 12.1. The van der Waals surface area contributed by atoms with Crippen molar-refractivity contribution in [1.82, 2.24) is 0 Å². The summed E-state index contributed by atoms with van der Waals surface area (Å²) < 4.78 is 22.7.